The van der Waals surface area contributed by atoms with E-state index in [2.05, 4.69) is 65.0 Å². The summed E-state index contributed by atoms with van der Waals surface area (Å²) in [5.74, 6) is 0.935. The van der Waals surface area contributed by atoms with Gasteiger partial charge >= 0.3 is 152 Å². The summed E-state index contributed by atoms with van der Waals surface area (Å²) in [6.45, 7) is 11.1. The summed E-state index contributed by atoms with van der Waals surface area (Å²) in [5.41, 5.74) is 1.30. The Morgan fingerprint density at radius 3 is 2.39 bits per heavy atom. The van der Waals surface area contributed by atoms with Gasteiger partial charge in [-0.25, -0.2) is 0 Å². The van der Waals surface area contributed by atoms with Gasteiger partial charge < -0.3 is 0 Å². The van der Waals surface area contributed by atoms with E-state index in [1.807, 2.05) is 6.07 Å². The van der Waals surface area contributed by atoms with Crippen molar-refractivity contribution in [1.82, 2.24) is 0 Å². The minimum absolute atomic E-state index is 0.0689. The third-order valence-corrected chi connectivity index (χ3v) is 8.70. The molecule has 23 heavy (non-hydrogen) atoms. The van der Waals surface area contributed by atoms with E-state index in [9.17, 15) is 0 Å². The van der Waals surface area contributed by atoms with E-state index < -0.39 is 17.8 Å². The Bertz CT molecular complexity index is 657. The molecular formula is C20H27ClOTi. The molecule has 0 N–H and O–H groups in total. The monoisotopic (exact) mass is 366 g/mol. The Morgan fingerprint density at radius 1 is 1.17 bits per heavy atom. The van der Waals surface area contributed by atoms with Crippen LogP contribution in [-0.4, -0.2) is 3.81 Å². The van der Waals surface area contributed by atoms with Gasteiger partial charge in [0.05, 0.1) is 0 Å². The van der Waals surface area contributed by atoms with Crippen molar-refractivity contribution in [2.24, 2.45) is 0 Å². The van der Waals surface area contributed by atoms with Gasteiger partial charge in [0, 0.05) is 0 Å². The molecule has 0 unspecified atom stereocenters. The van der Waals surface area contributed by atoms with Crippen LogP contribution in [0.25, 0.3) is 0 Å². The summed E-state index contributed by atoms with van der Waals surface area (Å²) < 4.78 is 9.69. The van der Waals surface area contributed by atoms with E-state index in [1.54, 1.807) is 3.81 Å². The van der Waals surface area contributed by atoms with E-state index in [1.165, 1.54) is 9.44 Å². The Hall–Kier alpha value is -0.626. The molecule has 0 atom stereocenters. The van der Waals surface area contributed by atoms with E-state index >= 15 is 0 Å². The van der Waals surface area contributed by atoms with Gasteiger partial charge in [0.1, 0.15) is 0 Å². The summed E-state index contributed by atoms with van der Waals surface area (Å²) in [6, 6.07) is 6.19. The molecule has 0 heterocycles. The summed E-state index contributed by atoms with van der Waals surface area (Å²) >= 11 is 4.46. The van der Waals surface area contributed by atoms with Crippen molar-refractivity contribution >= 4 is 15.4 Å². The first-order valence-electron chi connectivity index (χ1n) is 8.42. The predicted molar refractivity (Wildman–Crippen MR) is 98.2 cm³/mol. The van der Waals surface area contributed by atoms with Crippen LogP contribution in [0.15, 0.2) is 40.3 Å². The second-order valence-electron chi connectivity index (χ2n) is 6.99. The second-order valence-corrected chi connectivity index (χ2v) is 10.9. The van der Waals surface area contributed by atoms with Gasteiger partial charge in [0.15, 0.2) is 0 Å². The zero-order chi connectivity index (χ0) is 17.0. The molecule has 2 rings (SSSR count). The molecule has 1 aromatic rings. The van der Waals surface area contributed by atoms with Crippen molar-refractivity contribution in [3.8, 4) is 5.75 Å². The molecule has 0 aromatic heterocycles. The van der Waals surface area contributed by atoms with Crippen molar-refractivity contribution in [3.63, 3.8) is 0 Å². The number of hydrogen-bond acceptors (Lipinski definition) is 1. The molecule has 0 saturated heterocycles. The summed E-state index contributed by atoms with van der Waals surface area (Å²) in [4.78, 5) is 0. The Balaban J connectivity index is 2.41. The van der Waals surface area contributed by atoms with Gasteiger partial charge in [-0.2, -0.15) is 0 Å². The average Bonchev–Trinajstić information content (AvgIpc) is 3.00. The van der Waals surface area contributed by atoms with Crippen LogP contribution < -0.4 is 3.32 Å². The van der Waals surface area contributed by atoms with Crippen molar-refractivity contribution in [3.05, 3.63) is 50.9 Å². The molecule has 1 aliphatic carbocycles. The normalized spacial score (nSPS) is 13.9. The van der Waals surface area contributed by atoms with Gasteiger partial charge in [0.2, 0.25) is 0 Å². The summed E-state index contributed by atoms with van der Waals surface area (Å²) in [6.07, 6.45) is 9.91. The first-order valence-corrected chi connectivity index (χ1v) is 11.0. The molecule has 0 radical (unpaired) electrons. The Morgan fingerprint density at radius 2 is 1.87 bits per heavy atom. The Kier molecular flexibility index (Phi) is 6.48. The first kappa shape index (κ1) is 18.7. The number of rotatable bonds is 5. The topological polar surface area (TPSA) is 9.23 Å². The van der Waals surface area contributed by atoms with Gasteiger partial charge in [-0.15, -0.1) is 0 Å². The van der Waals surface area contributed by atoms with Crippen LogP contribution in [0.1, 0.15) is 59.4 Å². The SMILES string of the molecule is CC[C](CC)=[Ti]([O]c1cc(Cl)cc(C(C)(C)C)c1)[C]1=CC=CC1. The van der Waals surface area contributed by atoms with Crippen LogP contribution >= 0.6 is 11.6 Å². The molecule has 3 heteroatoms. The fraction of sp³-hybridized carbons (Fsp3) is 0.450. The van der Waals surface area contributed by atoms with E-state index in [0.717, 1.165) is 30.0 Å². The Labute approximate surface area is 152 Å². The van der Waals surface area contributed by atoms with E-state index in [0.29, 0.717) is 0 Å². The third-order valence-electron chi connectivity index (χ3n) is 4.19. The molecule has 0 bridgehead atoms. The van der Waals surface area contributed by atoms with Crippen molar-refractivity contribution in [2.75, 3.05) is 0 Å². The van der Waals surface area contributed by atoms with Crippen LogP contribution in [0.4, 0.5) is 0 Å². The van der Waals surface area contributed by atoms with Crippen LogP contribution in [0, 0.1) is 0 Å². The van der Waals surface area contributed by atoms with Crippen LogP contribution in [0.5, 0.6) is 5.75 Å². The molecule has 1 aromatic carbocycles. The third kappa shape index (κ3) is 4.92. The molecule has 1 nitrogen and oxygen atoms in total. The van der Waals surface area contributed by atoms with Gasteiger partial charge in [-0.3, -0.25) is 0 Å². The van der Waals surface area contributed by atoms with Gasteiger partial charge in [-0.05, 0) is 0 Å². The van der Waals surface area contributed by atoms with Crippen LogP contribution in [0.2, 0.25) is 5.02 Å². The maximum atomic E-state index is 6.60. The molecular weight excluding hydrogens is 340 g/mol. The molecule has 0 amide bonds. The van der Waals surface area contributed by atoms with Crippen molar-refractivity contribution in [1.29, 1.82) is 0 Å². The zero-order valence-corrected chi connectivity index (χ0v) is 17.2. The minimum atomic E-state index is -1.89. The van der Waals surface area contributed by atoms with Crippen LogP contribution in [-0.2, 0) is 23.2 Å². The zero-order valence-electron chi connectivity index (χ0n) is 14.9. The second kappa shape index (κ2) is 7.97. The van der Waals surface area contributed by atoms with Gasteiger partial charge in [0.25, 0.3) is 0 Å². The average molecular weight is 367 g/mol. The van der Waals surface area contributed by atoms with Crippen molar-refractivity contribution < 1.29 is 21.1 Å². The number of halogens is 1. The van der Waals surface area contributed by atoms with Crippen LogP contribution in [0.3, 0.4) is 0 Å². The number of benzene rings is 1. The summed E-state index contributed by atoms with van der Waals surface area (Å²) in [7, 11) is 0. The number of hydrogen-bond donors (Lipinski definition) is 0. The molecule has 0 aliphatic heterocycles. The van der Waals surface area contributed by atoms with Crippen molar-refractivity contribution in [2.45, 2.75) is 59.3 Å². The fourth-order valence-electron chi connectivity index (χ4n) is 2.72. The molecule has 0 spiro atoms. The molecule has 0 saturated carbocycles. The quantitative estimate of drug-likeness (QED) is 0.549. The van der Waals surface area contributed by atoms with E-state index in [4.69, 9.17) is 14.9 Å². The first-order chi connectivity index (χ1) is 10.8. The van der Waals surface area contributed by atoms with Gasteiger partial charge in [-0.1, -0.05) is 0 Å². The molecule has 0 fully saturated rings. The number of allylic oxidation sites excluding steroid dienone is 4. The van der Waals surface area contributed by atoms with E-state index in [-0.39, 0.29) is 5.41 Å². The summed E-state index contributed by atoms with van der Waals surface area (Å²) in [5, 5.41) is 0.762. The predicted octanol–water partition coefficient (Wildman–Crippen LogP) is 6.39. The maximum absolute atomic E-state index is 6.60. The molecule has 124 valence electrons. The molecule has 1 aliphatic rings. The fourth-order valence-corrected chi connectivity index (χ4v) is 6.50. The standard InChI is InChI=1S/C10H13ClO.C5H5.C5H10.Ti/c1-10(2,3)7-4-8(11)6-9(12)5-7;1-2-4-5-3-1;1-3-5-4-2;/h4-6,12H,1-3H3;1-3H,4H2;3-4H2,1-2H3;/q;;;+1/p-1.